The number of carbonyl (C=O) groups is 1. The zero-order chi connectivity index (χ0) is 23.0. The van der Waals surface area contributed by atoms with E-state index in [0.717, 1.165) is 22.4 Å². The number of sulfonamides is 1. The number of fused-ring (bicyclic) bond motifs is 1. The largest absolute Gasteiger partial charge is 0.444 e. The summed E-state index contributed by atoms with van der Waals surface area (Å²) in [6.07, 6.45) is 0.748. The van der Waals surface area contributed by atoms with Crippen LogP contribution in [0.15, 0.2) is 77.7 Å². The molecule has 5 rings (SSSR count). The molecule has 3 aromatic rings. The van der Waals surface area contributed by atoms with Crippen molar-refractivity contribution in [2.75, 3.05) is 18.0 Å². The van der Waals surface area contributed by atoms with E-state index in [4.69, 9.17) is 4.74 Å². The lowest BCUT2D eigenvalue weighted by atomic mass is 10.00. The van der Waals surface area contributed by atoms with Gasteiger partial charge in [0.1, 0.15) is 6.61 Å². The van der Waals surface area contributed by atoms with Gasteiger partial charge in [-0.3, -0.25) is 4.90 Å². The molecule has 1 fully saturated rings. The molecule has 170 valence electrons. The van der Waals surface area contributed by atoms with E-state index in [9.17, 15) is 13.2 Å². The molecule has 0 saturated carbocycles. The summed E-state index contributed by atoms with van der Waals surface area (Å²) in [4.78, 5) is 14.7. The molecule has 6 nitrogen and oxygen atoms in total. The number of hydrogen-bond donors (Lipinski definition) is 0. The van der Waals surface area contributed by atoms with Crippen LogP contribution < -0.4 is 4.90 Å². The second-order valence-corrected chi connectivity index (χ2v) is 10.4. The minimum Gasteiger partial charge on any atom is -0.444 e. The van der Waals surface area contributed by atoms with E-state index in [1.54, 1.807) is 21.3 Å². The van der Waals surface area contributed by atoms with Crippen molar-refractivity contribution in [2.45, 2.75) is 37.3 Å². The van der Waals surface area contributed by atoms with Crippen LogP contribution in [0.3, 0.4) is 0 Å². The van der Waals surface area contributed by atoms with Gasteiger partial charge < -0.3 is 4.74 Å². The fraction of sp³-hybridized carbons (Fsp3) is 0.269. The predicted octanol–water partition coefficient (Wildman–Crippen LogP) is 4.97. The Hall–Kier alpha value is -3.16. The van der Waals surface area contributed by atoms with Gasteiger partial charge >= 0.3 is 6.09 Å². The summed E-state index contributed by atoms with van der Waals surface area (Å²) in [7, 11) is -3.68. The summed E-state index contributed by atoms with van der Waals surface area (Å²) in [5, 5.41) is 0. The number of benzene rings is 3. The Kier molecular flexibility index (Phi) is 5.68. The molecular formula is C26H26N2O4S. The molecule has 2 aliphatic heterocycles. The van der Waals surface area contributed by atoms with Gasteiger partial charge in [-0.15, -0.1) is 0 Å². The molecular weight excluding hydrogens is 436 g/mol. The number of carbonyl (C=O) groups excluding carboxylic acids is 1. The molecule has 0 aromatic heterocycles. The van der Waals surface area contributed by atoms with E-state index in [2.05, 4.69) is 0 Å². The number of hydrogen-bond acceptors (Lipinski definition) is 4. The number of para-hydroxylation sites is 1. The average Bonchev–Trinajstić information content (AvgIpc) is 2.85. The molecule has 1 amide bonds. The molecule has 0 atom stereocenters. The minimum atomic E-state index is -3.68. The lowest BCUT2D eigenvalue weighted by molar-refractivity contribution is 0.135. The topological polar surface area (TPSA) is 66.9 Å². The van der Waals surface area contributed by atoms with E-state index in [0.29, 0.717) is 36.4 Å². The highest BCUT2D eigenvalue weighted by Gasteiger charge is 2.38. The smallest absolute Gasteiger partial charge is 0.414 e. The highest BCUT2D eigenvalue weighted by atomic mass is 32.2. The first kappa shape index (κ1) is 21.7. The fourth-order valence-electron chi connectivity index (χ4n) is 4.84. The monoisotopic (exact) mass is 462 g/mol. The van der Waals surface area contributed by atoms with Crippen molar-refractivity contribution in [3.63, 3.8) is 0 Å². The zero-order valence-electron chi connectivity index (χ0n) is 18.5. The summed E-state index contributed by atoms with van der Waals surface area (Å²) in [5.74, 6) is 0. The van der Waals surface area contributed by atoms with Crippen molar-refractivity contribution in [3.8, 4) is 11.1 Å². The predicted molar refractivity (Wildman–Crippen MR) is 128 cm³/mol. The molecule has 0 spiro atoms. The van der Waals surface area contributed by atoms with Gasteiger partial charge in [-0.25, -0.2) is 13.2 Å². The summed E-state index contributed by atoms with van der Waals surface area (Å²) in [6, 6.07) is 22.5. The van der Waals surface area contributed by atoms with Gasteiger partial charge in [0.25, 0.3) is 0 Å². The van der Waals surface area contributed by atoms with E-state index in [1.165, 1.54) is 0 Å². The van der Waals surface area contributed by atoms with E-state index in [1.807, 2.05) is 67.6 Å². The molecule has 33 heavy (non-hydrogen) atoms. The molecule has 3 aromatic carbocycles. The molecule has 1 saturated heterocycles. The number of rotatable bonds is 4. The Bertz CT molecular complexity index is 1280. The molecule has 2 aliphatic rings. The number of aryl methyl sites for hydroxylation is 1. The van der Waals surface area contributed by atoms with Crippen LogP contribution in [-0.4, -0.2) is 37.9 Å². The van der Waals surface area contributed by atoms with Gasteiger partial charge in [0.15, 0.2) is 0 Å². The average molecular weight is 463 g/mol. The Labute approximate surface area is 194 Å². The number of anilines is 1. The van der Waals surface area contributed by atoms with Crippen molar-refractivity contribution in [1.82, 2.24) is 4.31 Å². The maximum absolute atomic E-state index is 13.6. The van der Waals surface area contributed by atoms with Crippen LogP contribution in [0.5, 0.6) is 0 Å². The zero-order valence-corrected chi connectivity index (χ0v) is 19.3. The Morgan fingerprint density at radius 3 is 2.33 bits per heavy atom. The van der Waals surface area contributed by atoms with E-state index in [-0.39, 0.29) is 18.7 Å². The molecule has 2 heterocycles. The Morgan fingerprint density at radius 2 is 1.58 bits per heavy atom. The van der Waals surface area contributed by atoms with Gasteiger partial charge in [-0.2, -0.15) is 4.31 Å². The summed E-state index contributed by atoms with van der Waals surface area (Å²) in [6.45, 7) is 2.96. The summed E-state index contributed by atoms with van der Waals surface area (Å²) in [5.41, 5.74) is 4.49. The minimum absolute atomic E-state index is 0.103. The maximum atomic E-state index is 13.6. The van der Waals surface area contributed by atoms with Crippen molar-refractivity contribution in [3.05, 3.63) is 83.9 Å². The number of piperidine rings is 1. The van der Waals surface area contributed by atoms with Gasteiger partial charge in [0.05, 0.1) is 10.6 Å². The van der Waals surface area contributed by atoms with Crippen LogP contribution in [0.2, 0.25) is 0 Å². The molecule has 0 bridgehead atoms. The number of ether oxygens (including phenoxy) is 1. The van der Waals surface area contributed by atoms with Crippen LogP contribution >= 0.6 is 0 Å². The van der Waals surface area contributed by atoms with Gasteiger partial charge in [0, 0.05) is 30.3 Å². The second-order valence-electron chi connectivity index (χ2n) is 8.50. The van der Waals surface area contributed by atoms with Gasteiger partial charge in [-0.05, 0) is 37.0 Å². The standard InChI is InChI=1S/C26H26N2O4S/c1-19-8-7-11-21-18-32-26(29)28(25(19)21)22-14-16-27(17-15-22)33(30,31)24-13-6-5-12-23(24)20-9-3-2-4-10-20/h2-13,22H,14-18H2,1H3. The second kappa shape index (κ2) is 8.65. The van der Waals surface area contributed by atoms with Crippen LogP contribution in [0, 0.1) is 6.92 Å². The van der Waals surface area contributed by atoms with Crippen LogP contribution in [0.25, 0.3) is 11.1 Å². The Morgan fingerprint density at radius 1 is 0.879 bits per heavy atom. The van der Waals surface area contributed by atoms with Crippen LogP contribution in [-0.2, 0) is 21.4 Å². The lowest BCUT2D eigenvalue weighted by Gasteiger charge is -2.40. The molecule has 0 radical (unpaired) electrons. The van der Waals surface area contributed by atoms with Gasteiger partial charge in [0.2, 0.25) is 10.0 Å². The van der Waals surface area contributed by atoms with Crippen molar-refractivity contribution in [1.29, 1.82) is 0 Å². The normalized spacial score (nSPS) is 17.5. The first-order valence-corrected chi connectivity index (χ1v) is 12.6. The fourth-order valence-corrected chi connectivity index (χ4v) is 6.52. The quantitative estimate of drug-likeness (QED) is 0.549. The van der Waals surface area contributed by atoms with Crippen LogP contribution in [0.4, 0.5) is 10.5 Å². The molecule has 0 unspecified atom stereocenters. The maximum Gasteiger partial charge on any atom is 0.414 e. The van der Waals surface area contributed by atoms with Crippen molar-refractivity contribution < 1.29 is 17.9 Å². The molecule has 0 N–H and O–H groups in total. The first-order valence-electron chi connectivity index (χ1n) is 11.2. The van der Waals surface area contributed by atoms with E-state index < -0.39 is 10.0 Å². The van der Waals surface area contributed by atoms with Crippen molar-refractivity contribution in [2.24, 2.45) is 0 Å². The molecule has 7 heteroatoms. The SMILES string of the molecule is Cc1cccc2c1N(C1CCN(S(=O)(=O)c3ccccc3-c3ccccc3)CC1)C(=O)OC2. The highest BCUT2D eigenvalue weighted by Crippen LogP contribution is 2.36. The Balaban J connectivity index is 1.39. The first-order chi connectivity index (χ1) is 16.0. The third-order valence-electron chi connectivity index (χ3n) is 6.49. The summed E-state index contributed by atoms with van der Waals surface area (Å²) >= 11 is 0. The number of nitrogens with zero attached hydrogens (tertiary/aromatic N) is 2. The van der Waals surface area contributed by atoms with Crippen molar-refractivity contribution >= 4 is 21.8 Å². The lowest BCUT2D eigenvalue weighted by Crippen LogP contribution is -2.50. The highest BCUT2D eigenvalue weighted by molar-refractivity contribution is 7.89. The summed E-state index contributed by atoms with van der Waals surface area (Å²) < 4.78 is 34.2. The molecule has 0 aliphatic carbocycles. The van der Waals surface area contributed by atoms with Crippen LogP contribution in [0.1, 0.15) is 24.0 Å². The number of amides is 1. The van der Waals surface area contributed by atoms with Gasteiger partial charge in [-0.1, -0.05) is 66.7 Å². The third-order valence-corrected chi connectivity index (χ3v) is 8.45. The van der Waals surface area contributed by atoms with E-state index >= 15 is 0 Å². The number of cyclic esters (lactones) is 1. The third kappa shape index (κ3) is 3.92.